The molecule has 6 nitrogen and oxygen atoms in total. The minimum Gasteiger partial charge on any atom is -0.384 e. The molecule has 23 heavy (non-hydrogen) atoms. The molecule has 8 heteroatoms. The summed E-state index contributed by atoms with van der Waals surface area (Å²) in [5.74, 6) is 0.735. The monoisotopic (exact) mass is 357 g/mol. The van der Waals surface area contributed by atoms with Gasteiger partial charge in [0.15, 0.2) is 5.82 Å². The number of nitrogens with zero attached hydrogens (tertiary/aromatic N) is 2. The van der Waals surface area contributed by atoms with E-state index in [1.165, 1.54) is 0 Å². The molecule has 0 aliphatic rings. The summed E-state index contributed by atoms with van der Waals surface area (Å²) in [6.07, 6.45) is 0.746. The Kier molecular flexibility index (Phi) is 6.38. The highest BCUT2D eigenvalue weighted by atomic mass is 35.5. The normalized spacial score (nSPS) is 12.2. The Morgan fingerprint density at radius 1 is 1.39 bits per heavy atom. The summed E-state index contributed by atoms with van der Waals surface area (Å²) >= 11 is 11.8. The largest absolute Gasteiger partial charge is 0.384 e. The lowest BCUT2D eigenvalue weighted by atomic mass is 10.1. The number of benzene rings is 1. The lowest BCUT2D eigenvalue weighted by Gasteiger charge is -2.10. The lowest BCUT2D eigenvalue weighted by molar-refractivity contribution is -0.121. The van der Waals surface area contributed by atoms with Crippen LogP contribution in [0, 0.1) is 0 Å². The highest BCUT2D eigenvalue weighted by molar-refractivity contribution is 6.42. The van der Waals surface area contributed by atoms with Crippen LogP contribution in [0.2, 0.25) is 10.0 Å². The number of amides is 1. The van der Waals surface area contributed by atoms with Crippen molar-refractivity contribution in [3.63, 3.8) is 0 Å². The average Bonchev–Trinajstić information content (AvgIpc) is 2.98. The van der Waals surface area contributed by atoms with Gasteiger partial charge in [-0.15, -0.1) is 0 Å². The van der Waals surface area contributed by atoms with E-state index < -0.39 is 0 Å². The van der Waals surface area contributed by atoms with Crippen LogP contribution in [0.3, 0.4) is 0 Å². The molecule has 2 rings (SSSR count). The van der Waals surface area contributed by atoms with Crippen LogP contribution >= 0.6 is 23.2 Å². The maximum atomic E-state index is 12.1. The summed E-state index contributed by atoms with van der Waals surface area (Å²) < 4.78 is 10.1. The second-order valence-electron chi connectivity index (χ2n) is 5.01. The van der Waals surface area contributed by atoms with Gasteiger partial charge in [-0.2, -0.15) is 4.98 Å². The molecule has 0 spiro atoms. The summed E-state index contributed by atoms with van der Waals surface area (Å²) in [6.45, 7) is 2.29. The molecule has 124 valence electrons. The Hall–Kier alpha value is -1.63. The van der Waals surface area contributed by atoms with Gasteiger partial charge in [-0.1, -0.05) is 34.4 Å². The molecule has 0 aliphatic heterocycles. The lowest BCUT2D eigenvalue weighted by Crippen LogP contribution is -2.28. The number of hydrogen-bond acceptors (Lipinski definition) is 5. The molecule has 0 fully saturated rings. The van der Waals surface area contributed by atoms with E-state index in [0.29, 0.717) is 34.8 Å². The molecule has 1 unspecified atom stereocenters. The van der Waals surface area contributed by atoms with Gasteiger partial charge >= 0.3 is 0 Å². The minimum absolute atomic E-state index is 0.174. The zero-order valence-corrected chi connectivity index (χ0v) is 14.3. The molecule has 0 bridgehead atoms. The summed E-state index contributed by atoms with van der Waals surface area (Å²) in [5, 5.41) is 7.52. The first-order valence-corrected chi connectivity index (χ1v) is 7.80. The Morgan fingerprint density at radius 2 is 2.17 bits per heavy atom. The standard InChI is InChI=1S/C15H17Cl2N3O3/c1-9(15-19-13(20-23-15)5-6-22-2)18-14(21)8-10-3-4-11(16)12(17)7-10/h3-4,7,9H,5-6,8H2,1-2H3,(H,18,21). The van der Waals surface area contributed by atoms with Crippen molar-refractivity contribution in [2.75, 3.05) is 13.7 Å². The number of carbonyl (C=O) groups excluding carboxylic acids is 1. The maximum absolute atomic E-state index is 12.1. The van der Waals surface area contributed by atoms with Gasteiger partial charge in [-0.05, 0) is 24.6 Å². The number of ether oxygens (including phenoxy) is 1. The van der Waals surface area contributed by atoms with Gasteiger partial charge in [-0.3, -0.25) is 4.79 Å². The van der Waals surface area contributed by atoms with Gasteiger partial charge in [0.05, 0.1) is 23.1 Å². The second-order valence-corrected chi connectivity index (χ2v) is 5.82. The number of carbonyl (C=O) groups is 1. The summed E-state index contributed by atoms with van der Waals surface area (Å²) in [6, 6.07) is 4.71. The van der Waals surface area contributed by atoms with E-state index in [1.54, 1.807) is 32.2 Å². The topological polar surface area (TPSA) is 77.3 Å². The molecule has 1 heterocycles. The molecule has 1 atom stereocenters. The molecule has 0 saturated carbocycles. The van der Waals surface area contributed by atoms with Crippen LogP contribution in [-0.2, 0) is 22.4 Å². The van der Waals surface area contributed by atoms with Gasteiger partial charge in [0, 0.05) is 13.5 Å². The molecule has 0 aliphatic carbocycles. The highest BCUT2D eigenvalue weighted by Gasteiger charge is 2.17. The van der Waals surface area contributed by atoms with Crippen molar-refractivity contribution in [1.82, 2.24) is 15.5 Å². The zero-order valence-electron chi connectivity index (χ0n) is 12.8. The quantitative estimate of drug-likeness (QED) is 0.823. The third-order valence-corrected chi connectivity index (χ3v) is 3.85. The number of rotatable bonds is 7. The molecular formula is C15H17Cl2N3O3. The first-order valence-electron chi connectivity index (χ1n) is 7.04. The molecule has 1 amide bonds. The van der Waals surface area contributed by atoms with Gasteiger partial charge in [0.25, 0.3) is 0 Å². The number of methoxy groups -OCH3 is 1. The van der Waals surface area contributed by atoms with E-state index in [4.69, 9.17) is 32.5 Å². The first-order chi connectivity index (χ1) is 11.0. The van der Waals surface area contributed by atoms with Gasteiger partial charge in [0.1, 0.15) is 6.04 Å². The summed E-state index contributed by atoms with van der Waals surface area (Å²) in [4.78, 5) is 16.3. The fraction of sp³-hybridized carbons (Fsp3) is 0.400. The Labute approximate surface area is 144 Å². The van der Waals surface area contributed by atoms with Gasteiger partial charge < -0.3 is 14.6 Å². The van der Waals surface area contributed by atoms with Crippen LogP contribution in [0.25, 0.3) is 0 Å². The van der Waals surface area contributed by atoms with Crippen LogP contribution in [-0.4, -0.2) is 29.8 Å². The van der Waals surface area contributed by atoms with Crippen molar-refractivity contribution in [2.24, 2.45) is 0 Å². The number of aromatic nitrogens is 2. The van der Waals surface area contributed by atoms with E-state index in [0.717, 1.165) is 5.56 Å². The van der Waals surface area contributed by atoms with E-state index in [-0.39, 0.29) is 18.4 Å². The molecule has 1 aromatic heterocycles. The fourth-order valence-corrected chi connectivity index (χ4v) is 2.25. The maximum Gasteiger partial charge on any atom is 0.248 e. The van der Waals surface area contributed by atoms with Crippen LogP contribution in [0.5, 0.6) is 0 Å². The fourth-order valence-electron chi connectivity index (χ4n) is 1.93. The second kappa shape index (κ2) is 8.29. The van der Waals surface area contributed by atoms with Crippen LogP contribution < -0.4 is 5.32 Å². The third-order valence-electron chi connectivity index (χ3n) is 3.11. The van der Waals surface area contributed by atoms with Crippen LogP contribution in [0.15, 0.2) is 22.7 Å². The summed E-state index contributed by atoms with van der Waals surface area (Å²) in [7, 11) is 1.60. The predicted octanol–water partition coefficient (Wildman–Crippen LogP) is 2.99. The van der Waals surface area contributed by atoms with Crippen molar-refractivity contribution in [2.45, 2.75) is 25.8 Å². The van der Waals surface area contributed by atoms with E-state index in [1.807, 2.05) is 0 Å². The van der Waals surface area contributed by atoms with Gasteiger partial charge in [-0.25, -0.2) is 0 Å². The van der Waals surface area contributed by atoms with E-state index in [9.17, 15) is 4.79 Å². The predicted molar refractivity (Wildman–Crippen MR) is 86.6 cm³/mol. The number of hydrogen-bond donors (Lipinski definition) is 1. The Morgan fingerprint density at radius 3 is 2.87 bits per heavy atom. The smallest absolute Gasteiger partial charge is 0.248 e. The number of halogens is 2. The van der Waals surface area contributed by atoms with Crippen molar-refractivity contribution >= 4 is 29.1 Å². The molecule has 1 aromatic carbocycles. The Balaban J connectivity index is 1.91. The van der Waals surface area contributed by atoms with Crippen molar-refractivity contribution in [3.8, 4) is 0 Å². The molecule has 1 N–H and O–H groups in total. The molecule has 0 saturated heterocycles. The van der Waals surface area contributed by atoms with E-state index >= 15 is 0 Å². The van der Waals surface area contributed by atoms with Crippen molar-refractivity contribution < 1.29 is 14.1 Å². The zero-order chi connectivity index (χ0) is 16.8. The van der Waals surface area contributed by atoms with Crippen molar-refractivity contribution in [3.05, 3.63) is 45.5 Å². The first kappa shape index (κ1) is 17.7. The molecule has 0 radical (unpaired) electrons. The SMILES string of the molecule is COCCc1noc(C(C)NC(=O)Cc2ccc(Cl)c(Cl)c2)n1. The Bertz CT molecular complexity index is 676. The van der Waals surface area contributed by atoms with E-state index in [2.05, 4.69) is 15.5 Å². The highest BCUT2D eigenvalue weighted by Crippen LogP contribution is 2.22. The minimum atomic E-state index is -0.380. The van der Waals surface area contributed by atoms with Crippen LogP contribution in [0.4, 0.5) is 0 Å². The third kappa shape index (κ3) is 5.20. The average molecular weight is 358 g/mol. The van der Waals surface area contributed by atoms with Gasteiger partial charge in [0.2, 0.25) is 11.8 Å². The number of nitrogens with one attached hydrogen (secondary N) is 1. The molecular weight excluding hydrogens is 341 g/mol. The molecule has 2 aromatic rings. The van der Waals surface area contributed by atoms with Crippen LogP contribution in [0.1, 0.15) is 30.2 Å². The summed E-state index contributed by atoms with van der Waals surface area (Å²) in [5.41, 5.74) is 0.774. The van der Waals surface area contributed by atoms with Crippen molar-refractivity contribution in [1.29, 1.82) is 0 Å².